The van der Waals surface area contributed by atoms with Gasteiger partial charge >= 0.3 is 6.03 Å². The van der Waals surface area contributed by atoms with Crippen LogP contribution in [0.1, 0.15) is 51.0 Å². The number of amides is 2. The minimum Gasteiger partial charge on any atom is -0.318 e. The summed E-state index contributed by atoms with van der Waals surface area (Å²) in [5.74, 6) is 0.440. The number of sulfone groups is 1. The second-order valence-electron chi connectivity index (χ2n) is 8.31. The van der Waals surface area contributed by atoms with Crippen molar-refractivity contribution in [3.63, 3.8) is 0 Å². The highest BCUT2D eigenvalue weighted by atomic mass is 32.2. The average Bonchev–Trinajstić information content (AvgIpc) is 2.98. The van der Waals surface area contributed by atoms with Crippen molar-refractivity contribution in [1.29, 1.82) is 0 Å². The van der Waals surface area contributed by atoms with Crippen molar-refractivity contribution < 1.29 is 13.2 Å². The number of urea groups is 1. The van der Waals surface area contributed by atoms with Gasteiger partial charge in [-0.25, -0.2) is 18.2 Å². The fourth-order valence-corrected chi connectivity index (χ4v) is 6.31. The zero-order valence-corrected chi connectivity index (χ0v) is 17.6. The number of hydrogen-bond donors (Lipinski definition) is 1. The predicted molar refractivity (Wildman–Crippen MR) is 113 cm³/mol. The maximum atomic E-state index is 13.0. The number of pyridine rings is 1. The van der Waals surface area contributed by atoms with Gasteiger partial charge in [-0.15, -0.1) is 0 Å². The van der Waals surface area contributed by atoms with Gasteiger partial charge in [0.15, 0.2) is 14.9 Å². The largest absolute Gasteiger partial charge is 0.322 e. The van der Waals surface area contributed by atoms with E-state index in [0.717, 1.165) is 18.5 Å². The Labute approximate surface area is 172 Å². The third-order valence-corrected chi connectivity index (χ3v) is 8.21. The van der Waals surface area contributed by atoms with Gasteiger partial charge in [0.2, 0.25) is 0 Å². The minimum absolute atomic E-state index is 0.0489. The molecule has 2 aromatic rings. The molecule has 0 spiro atoms. The van der Waals surface area contributed by atoms with Gasteiger partial charge in [0.25, 0.3) is 0 Å². The number of rotatable bonds is 4. The zero-order chi connectivity index (χ0) is 20.6. The van der Waals surface area contributed by atoms with Crippen LogP contribution in [-0.2, 0) is 9.84 Å². The molecule has 2 aliphatic heterocycles. The third-order valence-electron chi connectivity index (χ3n) is 6.12. The van der Waals surface area contributed by atoms with Gasteiger partial charge in [-0.2, -0.15) is 0 Å². The summed E-state index contributed by atoms with van der Waals surface area (Å²) in [4.78, 5) is 18.8. The van der Waals surface area contributed by atoms with Crippen LogP contribution in [0.3, 0.4) is 0 Å². The molecule has 3 heterocycles. The molecule has 2 fully saturated rings. The van der Waals surface area contributed by atoms with Crippen LogP contribution in [-0.4, -0.2) is 41.7 Å². The first kappa shape index (κ1) is 19.9. The molecule has 1 N–H and O–H groups in total. The Morgan fingerprint density at radius 2 is 1.72 bits per heavy atom. The van der Waals surface area contributed by atoms with E-state index in [1.54, 1.807) is 18.2 Å². The van der Waals surface area contributed by atoms with Gasteiger partial charge in [-0.05, 0) is 61.4 Å². The number of anilines is 1. The van der Waals surface area contributed by atoms with Crippen LogP contribution in [0.15, 0.2) is 53.7 Å². The molecule has 4 rings (SSSR count). The second kappa shape index (κ2) is 7.78. The van der Waals surface area contributed by atoms with Crippen LogP contribution in [0.5, 0.6) is 0 Å². The van der Waals surface area contributed by atoms with Crippen molar-refractivity contribution in [1.82, 2.24) is 9.88 Å². The lowest BCUT2D eigenvalue weighted by atomic mass is 10.0. The Morgan fingerprint density at radius 3 is 2.28 bits per heavy atom. The van der Waals surface area contributed by atoms with Gasteiger partial charge in [-0.3, -0.25) is 0 Å². The SMILES string of the molecule is CC(C)c1ccc(NC(=O)N2C3CCC2CC(S(=O)(=O)c2ccccn2)C3)cc1. The highest BCUT2D eigenvalue weighted by Gasteiger charge is 2.47. The molecule has 0 saturated carbocycles. The molecular weight excluding hydrogens is 386 g/mol. The van der Waals surface area contributed by atoms with Crippen molar-refractivity contribution in [3.05, 3.63) is 54.2 Å². The van der Waals surface area contributed by atoms with Crippen LogP contribution < -0.4 is 5.32 Å². The molecule has 2 atom stereocenters. The lowest BCUT2D eigenvalue weighted by Gasteiger charge is -2.38. The first-order valence-corrected chi connectivity index (χ1v) is 11.7. The summed E-state index contributed by atoms with van der Waals surface area (Å²) in [5, 5.41) is 2.64. The van der Waals surface area contributed by atoms with E-state index in [2.05, 4.69) is 24.1 Å². The van der Waals surface area contributed by atoms with Crippen LogP contribution in [0, 0.1) is 0 Å². The molecule has 1 aromatic heterocycles. The van der Waals surface area contributed by atoms with Gasteiger partial charge in [-0.1, -0.05) is 32.0 Å². The molecule has 2 bridgehead atoms. The molecule has 0 aliphatic carbocycles. The van der Waals surface area contributed by atoms with Gasteiger partial charge in [0, 0.05) is 24.0 Å². The van der Waals surface area contributed by atoms with Crippen molar-refractivity contribution in [2.75, 3.05) is 5.32 Å². The maximum absolute atomic E-state index is 13.0. The van der Waals surface area contributed by atoms with Gasteiger partial charge in [0.1, 0.15) is 0 Å². The summed E-state index contributed by atoms with van der Waals surface area (Å²) in [6, 6.07) is 12.6. The molecule has 2 unspecified atom stereocenters. The summed E-state index contributed by atoms with van der Waals surface area (Å²) in [6.45, 7) is 4.27. The number of fused-ring (bicyclic) bond motifs is 2. The van der Waals surface area contributed by atoms with Crippen LogP contribution in [0.2, 0.25) is 0 Å². The molecule has 154 valence electrons. The minimum atomic E-state index is -3.48. The number of benzene rings is 1. The number of hydrogen-bond acceptors (Lipinski definition) is 4. The van der Waals surface area contributed by atoms with E-state index < -0.39 is 15.1 Å². The zero-order valence-electron chi connectivity index (χ0n) is 16.8. The number of carbonyl (C=O) groups is 1. The molecule has 6 nitrogen and oxygen atoms in total. The maximum Gasteiger partial charge on any atom is 0.322 e. The van der Waals surface area contributed by atoms with Crippen LogP contribution in [0.25, 0.3) is 0 Å². The monoisotopic (exact) mass is 413 g/mol. The first-order chi connectivity index (χ1) is 13.9. The second-order valence-corrected chi connectivity index (χ2v) is 10.5. The summed E-state index contributed by atoms with van der Waals surface area (Å²) < 4.78 is 26.0. The highest BCUT2D eigenvalue weighted by molar-refractivity contribution is 7.92. The molecule has 2 saturated heterocycles. The normalized spacial score (nSPS) is 24.0. The Bertz CT molecular complexity index is 960. The highest BCUT2D eigenvalue weighted by Crippen LogP contribution is 2.40. The van der Waals surface area contributed by atoms with E-state index in [9.17, 15) is 13.2 Å². The fraction of sp³-hybridized carbons (Fsp3) is 0.455. The number of nitrogens with zero attached hydrogens (tertiary/aromatic N) is 2. The number of aromatic nitrogens is 1. The summed E-state index contributed by atoms with van der Waals surface area (Å²) in [5.41, 5.74) is 1.99. The van der Waals surface area contributed by atoms with Crippen molar-refractivity contribution in [2.45, 2.75) is 67.8 Å². The third kappa shape index (κ3) is 3.88. The molecule has 2 aliphatic rings. The van der Waals surface area contributed by atoms with Crippen LogP contribution in [0.4, 0.5) is 10.5 Å². The summed E-state index contributed by atoms with van der Waals surface area (Å²) in [6.07, 6.45) is 4.14. The Kier molecular flexibility index (Phi) is 5.34. The van der Waals surface area contributed by atoms with E-state index in [1.807, 2.05) is 29.2 Å². The van der Waals surface area contributed by atoms with Crippen molar-refractivity contribution in [2.24, 2.45) is 0 Å². The summed E-state index contributed by atoms with van der Waals surface area (Å²) in [7, 11) is -3.48. The molecule has 7 heteroatoms. The fourth-order valence-electron chi connectivity index (χ4n) is 4.54. The molecule has 1 aromatic carbocycles. The smallest absolute Gasteiger partial charge is 0.318 e. The Morgan fingerprint density at radius 1 is 1.07 bits per heavy atom. The topological polar surface area (TPSA) is 79.4 Å². The lowest BCUT2D eigenvalue weighted by molar-refractivity contribution is 0.159. The molecule has 29 heavy (non-hydrogen) atoms. The van der Waals surface area contributed by atoms with Crippen molar-refractivity contribution in [3.8, 4) is 0 Å². The van der Waals surface area contributed by atoms with E-state index in [4.69, 9.17) is 0 Å². The first-order valence-electron chi connectivity index (χ1n) is 10.2. The van der Waals surface area contributed by atoms with E-state index in [-0.39, 0.29) is 23.1 Å². The van der Waals surface area contributed by atoms with Crippen molar-refractivity contribution >= 4 is 21.6 Å². The van der Waals surface area contributed by atoms with E-state index in [1.165, 1.54) is 11.8 Å². The van der Waals surface area contributed by atoms with Gasteiger partial charge < -0.3 is 10.2 Å². The van der Waals surface area contributed by atoms with E-state index in [0.29, 0.717) is 18.8 Å². The molecular formula is C22H27N3O3S. The predicted octanol–water partition coefficient (Wildman–Crippen LogP) is 4.21. The Balaban J connectivity index is 1.46. The molecule has 2 amide bonds. The Hall–Kier alpha value is -2.41. The standard InChI is InChI=1S/C22H27N3O3S/c1-15(2)16-6-8-17(9-7-16)24-22(26)25-18-10-11-19(25)14-20(13-18)29(27,28)21-5-3-4-12-23-21/h3-9,12,15,18-20H,10-11,13-14H2,1-2H3,(H,24,26). The summed E-state index contributed by atoms with van der Waals surface area (Å²) >= 11 is 0. The van der Waals surface area contributed by atoms with Crippen LogP contribution >= 0.6 is 0 Å². The lowest BCUT2D eigenvalue weighted by Crippen LogP contribution is -2.51. The number of nitrogens with one attached hydrogen (secondary N) is 1. The number of carbonyl (C=O) groups excluding carboxylic acids is 1. The van der Waals surface area contributed by atoms with Gasteiger partial charge in [0.05, 0.1) is 5.25 Å². The van der Waals surface area contributed by atoms with E-state index >= 15 is 0 Å². The average molecular weight is 414 g/mol. The quantitative estimate of drug-likeness (QED) is 0.814. The molecule has 0 radical (unpaired) electrons. The number of piperidine rings is 1.